The van der Waals surface area contributed by atoms with Crippen LogP contribution in [0.1, 0.15) is 37.0 Å². The van der Waals surface area contributed by atoms with Crippen molar-refractivity contribution in [1.29, 1.82) is 0 Å². The van der Waals surface area contributed by atoms with E-state index in [4.69, 9.17) is 0 Å². The number of pyridine rings is 1. The van der Waals surface area contributed by atoms with E-state index in [1.807, 2.05) is 0 Å². The maximum atomic E-state index is 12.7. The Labute approximate surface area is 91.1 Å². The third kappa shape index (κ3) is 1.91. The molecule has 0 radical (unpaired) electrons. The maximum Gasteiger partial charge on any atom is 0.416 e. The molecule has 1 atom stereocenters. The van der Waals surface area contributed by atoms with Crippen molar-refractivity contribution in [3.8, 4) is 0 Å². The van der Waals surface area contributed by atoms with Crippen LogP contribution in [0, 0.1) is 5.41 Å². The molecule has 1 heterocycles. The molecule has 1 aliphatic rings. The Hall–Kier alpha value is -1.10. The molecule has 0 saturated heterocycles. The first kappa shape index (κ1) is 11.4. The minimum atomic E-state index is -4.44. The Morgan fingerprint density at radius 2 is 2.06 bits per heavy atom. The van der Waals surface area contributed by atoms with Crippen LogP contribution in [0.3, 0.4) is 0 Å². The fraction of sp³-hybridized carbons (Fsp3) is 0.545. The number of aromatic nitrogens is 1. The topological polar surface area (TPSA) is 33.1 Å². The van der Waals surface area contributed by atoms with Crippen molar-refractivity contribution in [2.24, 2.45) is 5.41 Å². The van der Waals surface area contributed by atoms with E-state index in [-0.39, 0.29) is 5.56 Å². The molecule has 0 spiro atoms. The van der Waals surface area contributed by atoms with E-state index in [2.05, 4.69) is 4.98 Å². The van der Waals surface area contributed by atoms with Gasteiger partial charge >= 0.3 is 6.18 Å². The number of rotatable bonds is 2. The average molecular weight is 231 g/mol. The summed E-state index contributed by atoms with van der Waals surface area (Å²) in [6, 6.07) is 0.907. The molecule has 2 rings (SSSR count). The number of hydrogen-bond donors (Lipinski definition) is 1. The van der Waals surface area contributed by atoms with E-state index < -0.39 is 23.3 Å². The standard InChI is InChI=1S/C11H12F3NO/c1-10(3-4-10)9(16)7-6-15-5-2-8(7)11(12,13)14/h2,5-6,9,16H,3-4H2,1H3. The van der Waals surface area contributed by atoms with Crippen molar-refractivity contribution in [3.63, 3.8) is 0 Å². The van der Waals surface area contributed by atoms with Gasteiger partial charge in [0.25, 0.3) is 0 Å². The Bertz CT molecular complexity index is 398. The Kier molecular flexibility index (Phi) is 2.45. The molecule has 88 valence electrons. The summed E-state index contributed by atoms with van der Waals surface area (Å²) in [7, 11) is 0. The molecule has 0 bridgehead atoms. The minimum absolute atomic E-state index is 0.116. The number of aliphatic hydroxyl groups excluding tert-OH is 1. The molecule has 5 heteroatoms. The molecule has 16 heavy (non-hydrogen) atoms. The molecule has 1 saturated carbocycles. The largest absolute Gasteiger partial charge is 0.416 e. The van der Waals surface area contributed by atoms with Crippen LogP contribution in [0.5, 0.6) is 0 Å². The van der Waals surface area contributed by atoms with Crippen LogP contribution in [0.15, 0.2) is 18.5 Å². The summed E-state index contributed by atoms with van der Waals surface area (Å²) in [6.45, 7) is 1.78. The third-order valence-corrected chi connectivity index (χ3v) is 3.15. The quantitative estimate of drug-likeness (QED) is 0.848. The molecule has 1 N–H and O–H groups in total. The van der Waals surface area contributed by atoms with Crippen molar-refractivity contribution >= 4 is 0 Å². The SMILES string of the molecule is CC1(C(O)c2cnccc2C(F)(F)F)CC1. The maximum absolute atomic E-state index is 12.7. The van der Waals surface area contributed by atoms with Crippen molar-refractivity contribution in [3.05, 3.63) is 29.6 Å². The highest BCUT2D eigenvalue weighted by atomic mass is 19.4. The Morgan fingerprint density at radius 3 is 2.56 bits per heavy atom. The highest BCUT2D eigenvalue weighted by molar-refractivity contribution is 5.30. The van der Waals surface area contributed by atoms with Gasteiger partial charge in [0.1, 0.15) is 0 Å². The van der Waals surface area contributed by atoms with Gasteiger partial charge in [0, 0.05) is 18.0 Å². The van der Waals surface area contributed by atoms with E-state index in [0.29, 0.717) is 0 Å². The summed E-state index contributed by atoms with van der Waals surface area (Å²) < 4.78 is 38.0. The van der Waals surface area contributed by atoms with Crippen LogP contribution in [0.4, 0.5) is 13.2 Å². The van der Waals surface area contributed by atoms with Crippen LogP contribution >= 0.6 is 0 Å². The number of aliphatic hydroxyl groups is 1. The molecule has 1 aromatic rings. The zero-order chi connectivity index (χ0) is 12.0. The van der Waals surface area contributed by atoms with Gasteiger partial charge in [0.05, 0.1) is 11.7 Å². The lowest BCUT2D eigenvalue weighted by Crippen LogP contribution is -2.17. The number of hydrogen-bond acceptors (Lipinski definition) is 2. The van der Waals surface area contributed by atoms with Crippen LogP contribution in [-0.4, -0.2) is 10.1 Å². The van der Waals surface area contributed by atoms with Gasteiger partial charge in [0.2, 0.25) is 0 Å². The van der Waals surface area contributed by atoms with Gasteiger partial charge in [-0.25, -0.2) is 0 Å². The normalized spacial score (nSPS) is 20.6. The molecular formula is C11H12F3NO. The monoisotopic (exact) mass is 231 g/mol. The first-order valence-corrected chi connectivity index (χ1v) is 5.04. The summed E-state index contributed by atoms with van der Waals surface area (Å²) in [6.07, 6.45) is -1.82. The first-order valence-electron chi connectivity index (χ1n) is 5.04. The van der Waals surface area contributed by atoms with Gasteiger partial charge in [-0.05, 0) is 24.3 Å². The van der Waals surface area contributed by atoms with Crippen LogP contribution < -0.4 is 0 Å². The predicted molar refractivity (Wildman–Crippen MR) is 51.5 cm³/mol. The van der Waals surface area contributed by atoms with E-state index in [9.17, 15) is 18.3 Å². The fourth-order valence-electron chi connectivity index (χ4n) is 1.73. The number of alkyl halides is 3. The predicted octanol–water partition coefficient (Wildman–Crippen LogP) is 2.93. The Balaban J connectivity index is 2.40. The second-order valence-corrected chi connectivity index (χ2v) is 4.52. The van der Waals surface area contributed by atoms with Crippen molar-refractivity contribution in [2.45, 2.75) is 32.0 Å². The molecule has 1 unspecified atom stereocenters. The van der Waals surface area contributed by atoms with Gasteiger partial charge in [-0.15, -0.1) is 0 Å². The smallest absolute Gasteiger partial charge is 0.388 e. The van der Waals surface area contributed by atoms with E-state index in [1.54, 1.807) is 6.92 Å². The molecule has 1 fully saturated rings. The van der Waals surface area contributed by atoms with Crippen LogP contribution in [-0.2, 0) is 6.18 Å². The summed E-state index contributed by atoms with van der Waals surface area (Å²) >= 11 is 0. The molecule has 0 amide bonds. The lowest BCUT2D eigenvalue weighted by molar-refractivity contribution is -0.139. The molecule has 0 aromatic carbocycles. The molecular weight excluding hydrogens is 219 g/mol. The zero-order valence-electron chi connectivity index (χ0n) is 8.75. The van der Waals surface area contributed by atoms with E-state index in [0.717, 1.165) is 31.3 Å². The molecule has 1 aliphatic carbocycles. The Morgan fingerprint density at radius 1 is 1.44 bits per heavy atom. The van der Waals surface area contributed by atoms with Crippen molar-refractivity contribution in [2.75, 3.05) is 0 Å². The summed E-state index contributed by atoms with van der Waals surface area (Å²) in [4.78, 5) is 3.66. The second-order valence-electron chi connectivity index (χ2n) is 4.52. The molecule has 1 aromatic heterocycles. The summed E-state index contributed by atoms with van der Waals surface area (Å²) in [5, 5.41) is 9.92. The summed E-state index contributed by atoms with van der Waals surface area (Å²) in [5.41, 5.74) is -1.32. The van der Waals surface area contributed by atoms with Gasteiger partial charge in [-0.2, -0.15) is 13.2 Å². The van der Waals surface area contributed by atoms with Gasteiger partial charge < -0.3 is 5.11 Å². The highest BCUT2D eigenvalue weighted by Gasteiger charge is 2.47. The van der Waals surface area contributed by atoms with Crippen molar-refractivity contribution < 1.29 is 18.3 Å². The lowest BCUT2D eigenvalue weighted by atomic mass is 9.92. The first-order chi connectivity index (χ1) is 7.34. The van der Waals surface area contributed by atoms with E-state index >= 15 is 0 Å². The lowest BCUT2D eigenvalue weighted by Gasteiger charge is -2.21. The molecule has 2 nitrogen and oxygen atoms in total. The van der Waals surface area contributed by atoms with Crippen LogP contribution in [0.25, 0.3) is 0 Å². The minimum Gasteiger partial charge on any atom is -0.388 e. The van der Waals surface area contributed by atoms with Crippen molar-refractivity contribution in [1.82, 2.24) is 4.98 Å². The number of nitrogens with zero attached hydrogens (tertiary/aromatic N) is 1. The average Bonchev–Trinajstić information content (AvgIpc) is 2.95. The highest BCUT2D eigenvalue weighted by Crippen LogP contribution is 2.55. The third-order valence-electron chi connectivity index (χ3n) is 3.15. The van der Waals surface area contributed by atoms with E-state index in [1.165, 1.54) is 0 Å². The number of halogens is 3. The van der Waals surface area contributed by atoms with Gasteiger partial charge in [0.15, 0.2) is 0 Å². The van der Waals surface area contributed by atoms with Gasteiger partial charge in [-0.3, -0.25) is 4.98 Å². The van der Waals surface area contributed by atoms with Gasteiger partial charge in [-0.1, -0.05) is 6.92 Å². The summed E-state index contributed by atoms with van der Waals surface area (Å²) in [5.74, 6) is 0. The van der Waals surface area contributed by atoms with Crippen LogP contribution in [0.2, 0.25) is 0 Å². The zero-order valence-corrected chi connectivity index (χ0v) is 8.75. The molecule has 0 aliphatic heterocycles. The second kappa shape index (κ2) is 3.45. The fourth-order valence-corrected chi connectivity index (χ4v) is 1.73.